The number of anilines is 1. The van der Waals surface area contributed by atoms with Gasteiger partial charge in [0.25, 0.3) is 17.7 Å². The van der Waals surface area contributed by atoms with Crippen LogP contribution in [0.2, 0.25) is 0 Å². The fraction of sp³-hybridized carbons (Fsp3) is 0.261. The van der Waals surface area contributed by atoms with E-state index in [2.05, 4.69) is 10.6 Å². The van der Waals surface area contributed by atoms with Gasteiger partial charge in [-0.05, 0) is 56.7 Å². The lowest BCUT2D eigenvalue weighted by Crippen LogP contribution is -2.45. The Labute approximate surface area is 179 Å². The molecule has 158 valence electrons. The van der Waals surface area contributed by atoms with Crippen molar-refractivity contribution < 1.29 is 19.2 Å². The molecule has 2 aromatic carbocycles. The van der Waals surface area contributed by atoms with Crippen LogP contribution >= 0.6 is 0 Å². The number of hydrogen-bond acceptors (Lipinski definition) is 5. The Morgan fingerprint density at radius 2 is 1.65 bits per heavy atom. The average molecular weight is 418 g/mol. The van der Waals surface area contributed by atoms with Gasteiger partial charge in [0.1, 0.15) is 6.42 Å². The minimum absolute atomic E-state index is 0.198. The monoisotopic (exact) mass is 418 g/mol. The second-order valence-electron chi connectivity index (χ2n) is 8.14. The highest BCUT2D eigenvalue weighted by Crippen LogP contribution is 2.30. The van der Waals surface area contributed by atoms with Gasteiger partial charge in [-0.3, -0.25) is 24.1 Å². The van der Waals surface area contributed by atoms with Gasteiger partial charge in [-0.1, -0.05) is 12.1 Å². The number of nitrogens with one attached hydrogen (secondary N) is 2. The third-order valence-electron chi connectivity index (χ3n) is 4.76. The first-order valence-corrected chi connectivity index (χ1v) is 9.68. The molecule has 0 fully saturated rings. The van der Waals surface area contributed by atoms with E-state index < -0.39 is 17.4 Å². The maximum absolute atomic E-state index is 12.7. The van der Waals surface area contributed by atoms with E-state index in [1.165, 1.54) is 23.1 Å². The normalized spacial score (nSPS) is 12.9. The predicted molar refractivity (Wildman–Crippen MR) is 113 cm³/mol. The third kappa shape index (κ3) is 4.61. The SMILES string of the molecule is CC(C)(C)N1C(=O)c2ccc(C(=O)Nc3ccc(CNC(=O)CC#N)cc3)cc2C1=O. The summed E-state index contributed by atoms with van der Waals surface area (Å²) in [6.07, 6.45) is -0.198. The molecule has 2 aromatic rings. The molecule has 0 atom stereocenters. The molecule has 4 amide bonds. The Morgan fingerprint density at radius 3 is 2.26 bits per heavy atom. The predicted octanol–water partition coefficient (Wildman–Crippen LogP) is 2.86. The molecule has 0 aliphatic carbocycles. The van der Waals surface area contributed by atoms with Crippen LogP contribution in [0, 0.1) is 11.3 Å². The summed E-state index contributed by atoms with van der Waals surface area (Å²) in [5.74, 6) is -1.54. The lowest BCUT2D eigenvalue weighted by atomic mass is 10.1. The fourth-order valence-electron chi connectivity index (χ4n) is 3.24. The second kappa shape index (κ2) is 8.40. The zero-order valence-electron chi connectivity index (χ0n) is 17.5. The van der Waals surface area contributed by atoms with Crippen LogP contribution in [-0.2, 0) is 11.3 Å². The first kappa shape index (κ1) is 21.7. The summed E-state index contributed by atoms with van der Waals surface area (Å²) in [5.41, 5.74) is 1.47. The number of carbonyl (C=O) groups excluding carboxylic acids is 4. The summed E-state index contributed by atoms with van der Waals surface area (Å²) >= 11 is 0. The molecule has 0 spiro atoms. The minimum Gasteiger partial charge on any atom is -0.351 e. The van der Waals surface area contributed by atoms with E-state index >= 15 is 0 Å². The molecule has 0 saturated carbocycles. The lowest BCUT2D eigenvalue weighted by Gasteiger charge is -2.29. The maximum Gasteiger partial charge on any atom is 0.262 e. The molecule has 8 heteroatoms. The largest absolute Gasteiger partial charge is 0.351 e. The van der Waals surface area contributed by atoms with Gasteiger partial charge in [0.2, 0.25) is 5.91 Å². The van der Waals surface area contributed by atoms with Crippen molar-refractivity contribution in [2.75, 3.05) is 5.32 Å². The highest BCUT2D eigenvalue weighted by Gasteiger charge is 2.42. The summed E-state index contributed by atoms with van der Waals surface area (Å²) in [7, 11) is 0. The molecule has 0 aromatic heterocycles. The summed E-state index contributed by atoms with van der Waals surface area (Å²) < 4.78 is 0. The topological polar surface area (TPSA) is 119 Å². The first-order chi connectivity index (χ1) is 14.6. The van der Waals surface area contributed by atoms with Crippen molar-refractivity contribution in [3.63, 3.8) is 0 Å². The van der Waals surface area contributed by atoms with E-state index in [1.54, 1.807) is 51.1 Å². The van der Waals surface area contributed by atoms with Crippen molar-refractivity contribution in [2.24, 2.45) is 0 Å². The molecule has 8 nitrogen and oxygen atoms in total. The zero-order valence-corrected chi connectivity index (χ0v) is 17.5. The van der Waals surface area contributed by atoms with Crippen molar-refractivity contribution in [3.8, 4) is 6.07 Å². The summed E-state index contributed by atoms with van der Waals surface area (Å²) in [6.45, 7) is 5.61. The van der Waals surface area contributed by atoms with Crippen molar-refractivity contribution >= 4 is 29.3 Å². The molecule has 0 unspecified atom stereocenters. The fourth-order valence-corrected chi connectivity index (χ4v) is 3.24. The van der Waals surface area contributed by atoms with Crippen LogP contribution in [0.3, 0.4) is 0 Å². The van der Waals surface area contributed by atoms with Gasteiger partial charge in [-0.25, -0.2) is 0 Å². The summed E-state index contributed by atoms with van der Waals surface area (Å²) in [4.78, 5) is 50.4. The number of nitrogens with zero attached hydrogens (tertiary/aromatic N) is 2. The van der Waals surface area contributed by atoms with Crippen molar-refractivity contribution in [2.45, 2.75) is 39.3 Å². The number of carbonyl (C=O) groups is 4. The molecule has 0 bridgehead atoms. The number of nitriles is 1. The van der Waals surface area contributed by atoms with E-state index in [-0.39, 0.29) is 35.9 Å². The van der Waals surface area contributed by atoms with Crippen LogP contribution in [0.15, 0.2) is 42.5 Å². The van der Waals surface area contributed by atoms with Crippen LogP contribution in [0.5, 0.6) is 0 Å². The van der Waals surface area contributed by atoms with E-state index in [0.29, 0.717) is 11.3 Å². The van der Waals surface area contributed by atoms with Gasteiger partial charge in [0, 0.05) is 23.3 Å². The second-order valence-corrected chi connectivity index (χ2v) is 8.14. The smallest absolute Gasteiger partial charge is 0.262 e. The molecule has 31 heavy (non-hydrogen) atoms. The molecule has 0 saturated heterocycles. The number of amides is 4. The van der Waals surface area contributed by atoms with E-state index in [0.717, 1.165) is 5.56 Å². The summed E-state index contributed by atoms with van der Waals surface area (Å²) in [6, 6.07) is 13.1. The standard InChI is InChI=1S/C23H22N4O4/c1-23(2,3)27-21(30)17-9-6-15(12-18(17)22(27)31)20(29)26-16-7-4-14(5-8-16)13-25-19(28)10-11-24/h4-9,12H,10,13H2,1-3H3,(H,25,28)(H,26,29). The Bertz CT molecular complexity index is 1110. The molecule has 1 aliphatic rings. The number of fused-ring (bicyclic) bond motifs is 1. The third-order valence-corrected chi connectivity index (χ3v) is 4.76. The highest BCUT2D eigenvalue weighted by atomic mass is 16.2. The van der Waals surface area contributed by atoms with Crippen LogP contribution in [0.25, 0.3) is 0 Å². The minimum atomic E-state index is -0.661. The maximum atomic E-state index is 12.7. The Hall–Kier alpha value is -3.99. The van der Waals surface area contributed by atoms with Gasteiger partial charge >= 0.3 is 0 Å². The molecular weight excluding hydrogens is 396 g/mol. The number of hydrogen-bond donors (Lipinski definition) is 2. The molecule has 1 aliphatic heterocycles. The van der Waals surface area contributed by atoms with Gasteiger partial charge in [0.15, 0.2) is 0 Å². The van der Waals surface area contributed by atoms with E-state index in [4.69, 9.17) is 5.26 Å². The highest BCUT2D eigenvalue weighted by molar-refractivity contribution is 6.22. The van der Waals surface area contributed by atoms with E-state index in [1.807, 2.05) is 0 Å². The van der Waals surface area contributed by atoms with Crippen LogP contribution < -0.4 is 10.6 Å². The Morgan fingerprint density at radius 1 is 1.00 bits per heavy atom. The number of benzene rings is 2. The Balaban J connectivity index is 1.69. The van der Waals surface area contributed by atoms with Crippen LogP contribution in [0.1, 0.15) is 63.8 Å². The summed E-state index contributed by atoms with van der Waals surface area (Å²) in [5, 5.41) is 13.9. The molecule has 1 heterocycles. The Kier molecular flexibility index (Phi) is 5.88. The molecule has 3 rings (SSSR count). The lowest BCUT2D eigenvalue weighted by molar-refractivity contribution is -0.120. The van der Waals surface area contributed by atoms with Gasteiger partial charge in [-0.15, -0.1) is 0 Å². The number of imide groups is 1. The van der Waals surface area contributed by atoms with Crippen molar-refractivity contribution in [3.05, 3.63) is 64.7 Å². The molecule has 0 radical (unpaired) electrons. The van der Waals surface area contributed by atoms with Crippen molar-refractivity contribution in [1.29, 1.82) is 5.26 Å². The van der Waals surface area contributed by atoms with Crippen LogP contribution in [0.4, 0.5) is 5.69 Å². The van der Waals surface area contributed by atoms with Crippen LogP contribution in [-0.4, -0.2) is 34.1 Å². The molecule has 2 N–H and O–H groups in total. The average Bonchev–Trinajstić information content (AvgIpc) is 2.97. The van der Waals surface area contributed by atoms with Gasteiger partial charge in [0.05, 0.1) is 17.2 Å². The zero-order chi connectivity index (χ0) is 22.8. The van der Waals surface area contributed by atoms with Gasteiger partial charge in [-0.2, -0.15) is 5.26 Å². The van der Waals surface area contributed by atoms with Gasteiger partial charge < -0.3 is 10.6 Å². The molecular formula is C23H22N4O4. The first-order valence-electron chi connectivity index (χ1n) is 9.68. The quantitative estimate of drug-likeness (QED) is 0.724. The van der Waals surface area contributed by atoms with Crippen molar-refractivity contribution in [1.82, 2.24) is 10.2 Å². The number of rotatable bonds is 5. The van der Waals surface area contributed by atoms with E-state index in [9.17, 15) is 19.2 Å².